The van der Waals surface area contributed by atoms with E-state index in [4.69, 9.17) is 9.47 Å². The second kappa shape index (κ2) is 11.0. The van der Waals surface area contributed by atoms with E-state index in [9.17, 15) is 9.59 Å². The van der Waals surface area contributed by atoms with E-state index in [1.54, 1.807) is 25.1 Å². The molecule has 0 aliphatic carbocycles. The second-order valence-electron chi connectivity index (χ2n) is 8.96. The molecule has 0 aliphatic heterocycles. The van der Waals surface area contributed by atoms with Crippen LogP contribution in [0.5, 0.6) is 11.5 Å². The average molecular weight is 503 g/mol. The van der Waals surface area contributed by atoms with E-state index >= 15 is 0 Å². The van der Waals surface area contributed by atoms with Crippen LogP contribution in [-0.2, 0) is 4.79 Å². The number of ether oxygens (including phenoxy) is 2. The third-order valence-corrected chi connectivity index (χ3v) is 6.16. The Hall–Kier alpha value is -4.97. The van der Waals surface area contributed by atoms with E-state index in [0.29, 0.717) is 22.6 Å². The van der Waals surface area contributed by atoms with Crippen molar-refractivity contribution in [3.05, 3.63) is 120 Å². The number of nitrogens with zero attached hydrogens (tertiary/aromatic N) is 1. The van der Waals surface area contributed by atoms with Gasteiger partial charge in [-0.1, -0.05) is 78.4 Å². The highest BCUT2D eigenvalue weighted by Gasteiger charge is 2.16. The van der Waals surface area contributed by atoms with Crippen molar-refractivity contribution in [3.8, 4) is 11.5 Å². The van der Waals surface area contributed by atoms with Crippen molar-refractivity contribution in [2.24, 2.45) is 5.10 Å². The second-order valence-corrected chi connectivity index (χ2v) is 8.96. The van der Waals surface area contributed by atoms with Crippen molar-refractivity contribution in [2.45, 2.75) is 20.0 Å². The van der Waals surface area contributed by atoms with E-state index in [1.165, 1.54) is 6.21 Å². The molecular weight excluding hydrogens is 476 g/mol. The molecule has 0 aliphatic rings. The average Bonchev–Trinajstić information content (AvgIpc) is 2.93. The smallest absolute Gasteiger partial charge is 0.343 e. The summed E-state index contributed by atoms with van der Waals surface area (Å²) in [7, 11) is 0. The minimum Gasteiger partial charge on any atom is -0.481 e. The predicted molar refractivity (Wildman–Crippen MR) is 150 cm³/mol. The van der Waals surface area contributed by atoms with Gasteiger partial charge in [0.25, 0.3) is 5.91 Å². The van der Waals surface area contributed by atoms with Crippen LogP contribution in [0, 0.1) is 6.92 Å². The number of benzene rings is 5. The van der Waals surface area contributed by atoms with Gasteiger partial charge in [0.1, 0.15) is 11.5 Å². The summed E-state index contributed by atoms with van der Waals surface area (Å²) in [5.41, 5.74) is 4.53. The van der Waals surface area contributed by atoms with Gasteiger partial charge in [0, 0.05) is 5.56 Å². The van der Waals surface area contributed by atoms with Gasteiger partial charge in [0.15, 0.2) is 6.10 Å². The summed E-state index contributed by atoms with van der Waals surface area (Å²) in [5.74, 6) is 0.0522. The van der Waals surface area contributed by atoms with Gasteiger partial charge in [-0.15, -0.1) is 0 Å². The molecule has 1 amide bonds. The maximum Gasteiger partial charge on any atom is 0.343 e. The zero-order chi connectivity index (χ0) is 26.5. The number of hydrogen-bond acceptors (Lipinski definition) is 5. The van der Waals surface area contributed by atoms with Crippen molar-refractivity contribution in [1.82, 2.24) is 5.43 Å². The Morgan fingerprint density at radius 3 is 2.37 bits per heavy atom. The number of fused-ring (bicyclic) bond motifs is 2. The summed E-state index contributed by atoms with van der Waals surface area (Å²) in [6.45, 7) is 3.57. The highest BCUT2D eigenvalue weighted by molar-refractivity contribution is 6.04. The van der Waals surface area contributed by atoms with Gasteiger partial charge in [0.05, 0.1) is 11.8 Å². The first-order chi connectivity index (χ1) is 18.5. The molecule has 5 aromatic carbocycles. The molecule has 5 aromatic rings. The number of hydrazone groups is 1. The SMILES string of the molecule is Cc1cccc(C(=O)Oc2ccc3ccccc3c2C=NNC(=O)C(C)Oc2ccc3ccccc3c2)c1. The van der Waals surface area contributed by atoms with Crippen LogP contribution in [0.1, 0.15) is 28.4 Å². The summed E-state index contributed by atoms with van der Waals surface area (Å²) in [4.78, 5) is 25.5. The molecule has 1 N–H and O–H groups in total. The Morgan fingerprint density at radius 1 is 0.816 bits per heavy atom. The first-order valence-corrected chi connectivity index (χ1v) is 12.3. The van der Waals surface area contributed by atoms with Crippen molar-refractivity contribution < 1.29 is 19.1 Å². The van der Waals surface area contributed by atoms with E-state index in [-0.39, 0.29) is 0 Å². The molecule has 5 rings (SSSR count). The van der Waals surface area contributed by atoms with E-state index in [0.717, 1.165) is 27.1 Å². The van der Waals surface area contributed by atoms with Gasteiger partial charge >= 0.3 is 5.97 Å². The fourth-order valence-electron chi connectivity index (χ4n) is 4.18. The van der Waals surface area contributed by atoms with E-state index < -0.39 is 18.0 Å². The fraction of sp³-hybridized carbons (Fsp3) is 0.0938. The molecular formula is C32H26N2O4. The molecule has 6 nitrogen and oxygen atoms in total. The molecule has 188 valence electrons. The normalized spacial score (nSPS) is 11.9. The van der Waals surface area contributed by atoms with Crippen LogP contribution < -0.4 is 14.9 Å². The molecule has 0 bridgehead atoms. The number of esters is 1. The number of hydrogen-bond donors (Lipinski definition) is 1. The minimum atomic E-state index is -0.778. The highest BCUT2D eigenvalue weighted by atomic mass is 16.5. The number of carbonyl (C=O) groups excluding carboxylic acids is 2. The molecule has 0 aromatic heterocycles. The summed E-state index contributed by atoms with van der Waals surface area (Å²) in [6.07, 6.45) is 0.710. The Balaban J connectivity index is 1.33. The third-order valence-electron chi connectivity index (χ3n) is 6.16. The van der Waals surface area contributed by atoms with Crippen LogP contribution in [0.15, 0.2) is 108 Å². The lowest BCUT2D eigenvalue weighted by molar-refractivity contribution is -0.127. The summed E-state index contributed by atoms with van der Waals surface area (Å²) >= 11 is 0. The van der Waals surface area contributed by atoms with Crippen LogP contribution in [0.4, 0.5) is 0 Å². The van der Waals surface area contributed by atoms with Crippen LogP contribution >= 0.6 is 0 Å². The molecule has 38 heavy (non-hydrogen) atoms. The monoisotopic (exact) mass is 502 g/mol. The minimum absolute atomic E-state index is 0.341. The Kier molecular flexibility index (Phi) is 7.13. The third kappa shape index (κ3) is 5.55. The van der Waals surface area contributed by atoms with Crippen LogP contribution in [0.3, 0.4) is 0 Å². The Bertz CT molecular complexity index is 1680. The summed E-state index contributed by atoms with van der Waals surface area (Å²) in [5, 5.41) is 8.07. The van der Waals surface area contributed by atoms with Gasteiger partial charge in [0.2, 0.25) is 0 Å². The topological polar surface area (TPSA) is 77.0 Å². The van der Waals surface area contributed by atoms with E-state index in [2.05, 4.69) is 10.5 Å². The number of aryl methyl sites for hydroxylation is 1. The summed E-state index contributed by atoms with van der Waals surface area (Å²) in [6, 6.07) is 32.1. The van der Waals surface area contributed by atoms with Gasteiger partial charge in [-0.3, -0.25) is 4.79 Å². The lowest BCUT2D eigenvalue weighted by Gasteiger charge is -2.14. The first-order valence-electron chi connectivity index (χ1n) is 12.3. The number of amides is 1. The zero-order valence-corrected chi connectivity index (χ0v) is 21.0. The molecule has 0 heterocycles. The Labute approximate surface area is 220 Å². The Morgan fingerprint density at radius 2 is 1.55 bits per heavy atom. The number of rotatable bonds is 7. The van der Waals surface area contributed by atoms with Crippen molar-refractivity contribution in [3.63, 3.8) is 0 Å². The van der Waals surface area contributed by atoms with Crippen molar-refractivity contribution in [1.29, 1.82) is 0 Å². The fourth-order valence-corrected chi connectivity index (χ4v) is 4.18. The molecule has 0 radical (unpaired) electrons. The number of carbonyl (C=O) groups is 2. The molecule has 0 saturated heterocycles. The molecule has 6 heteroatoms. The number of nitrogens with one attached hydrogen (secondary N) is 1. The molecule has 1 atom stereocenters. The molecule has 0 fully saturated rings. The molecule has 0 saturated carbocycles. The van der Waals surface area contributed by atoms with Crippen LogP contribution in [0.25, 0.3) is 21.5 Å². The standard InChI is InChI=1S/C32H26N2O4/c1-21-8-7-12-26(18-21)32(36)38-30-17-15-24-10-5-6-13-28(24)29(30)20-33-34-31(35)22(2)37-27-16-14-23-9-3-4-11-25(23)19-27/h3-20,22H,1-2H3,(H,34,35). The zero-order valence-electron chi connectivity index (χ0n) is 21.0. The molecule has 1 unspecified atom stereocenters. The van der Waals surface area contributed by atoms with Crippen LogP contribution in [-0.4, -0.2) is 24.2 Å². The lowest BCUT2D eigenvalue weighted by atomic mass is 10.0. The molecule has 0 spiro atoms. The van der Waals surface area contributed by atoms with Gasteiger partial charge in [-0.25, -0.2) is 10.2 Å². The maximum absolute atomic E-state index is 12.8. The largest absolute Gasteiger partial charge is 0.481 e. The first kappa shape index (κ1) is 24.7. The lowest BCUT2D eigenvalue weighted by Crippen LogP contribution is -2.33. The van der Waals surface area contributed by atoms with Gasteiger partial charge in [-0.2, -0.15) is 5.10 Å². The summed E-state index contributed by atoms with van der Waals surface area (Å²) < 4.78 is 11.6. The highest BCUT2D eigenvalue weighted by Crippen LogP contribution is 2.28. The van der Waals surface area contributed by atoms with E-state index in [1.807, 2.05) is 91.9 Å². The maximum atomic E-state index is 12.8. The van der Waals surface area contributed by atoms with Crippen molar-refractivity contribution >= 4 is 39.6 Å². The van der Waals surface area contributed by atoms with Gasteiger partial charge < -0.3 is 9.47 Å². The van der Waals surface area contributed by atoms with Crippen molar-refractivity contribution in [2.75, 3.05) is 0 Å². The quantitative estimate of drug-likeness (QED) is 0.120. The predicted octanol–water partition coefficient (Wildman–Crippen LogP) is 6.44. The van der Waals surface area contributed by atoms with Crippen LogP contribution in [0.2, 0.25) is 0 Å². The van der Waals surface area contributed by atoms with Gasteiger partial charge in [-0.05, 0) is 65.7 Å².